The van der Waals surface area contributed by atoms with Crippen LogP contribution in [-0.4, -0.2) is 28.9 Å². The van der Waals surface area contributed by atoms with Crippen molar-refractivity contribution in [3.63, 3.8) is 0 Å². The lowest BCUT2D eigenvalue weighted by molar-refractivity contribution is -0.129. The monoisotopic (exact) mass is 309 g/mol. The molecule has 114 valence electrons. The Morgan fingerprint density at radius 3 is 2.95 bits per heavy atom. The molecule has 1 aliphatic carbocycles. The van der Waals surface area contributed by atoms with Crippen LogP contribution in [-0.2, 0) is 4.79 Å². The van der Waals surface area contributed by atoms with E-state index in [0.717, 1.165) is 25.7 Å². The number of carbonyl (C=O) groups is 1. The molecule has 5 nitrogen and oxygen atoms in total. The van der Waals surface area contributed by atoms with E-state index in [1.165, 1.54) is 0 Å². The highest BCUT2D eigenvalue weighted by molar-refractivity contribution is 6.20. The summed E-state index contributed by atoms with van der Waals surface area (Å²) in [7, 11) is 0. The summed E-state index contributed by atoms with van der Waals surface area (Å²) in [4.78, 5) is 26.4. The van der Waals surface area contributed by atoms with Gasteiger partial charge in [0.05, 0.1) is 5.92 Å². The number of amides is 1. The number of aromatic nitrogens is 1. The summed E-state index contributed by atoms with van der Waals surface area (Å²) >= 11 is 6.24. The third kappa shape index (κ3) is 3.23. The number of pyridine rings is 1. The maximum atomic E-state index is 12.2. The fourth-order valence-electron chi connectivity index (χ4n) is 3.40. The van der Waals surface area contributed by atoms with Gasteiger partial charge in [-0.2, -0.15) is 0 Å². The second kappa shape index (κ2) is 6.10. The van der Waals surface area contributed by atoms with Gasteiger partial charge in [0, 0.05) is 24.2 Å². The van der Waals surface area contributed by atoms with Gasteiger partial charge >= 0.3 is 0 Å². The van der Waals surface area contributed by atoms with Crippen molar-refractivity contribution in [3.05, 3.63) is 28.7 Å². The zero-order valence-electron chi connectivity index (χ0n) is 11.8. The third-order valence-corrected chi connectivity index (χ3v) is 4.96. The molecule has 0 bridgehead atoms. The second-order valence-electron chi connectivity index (χ2n) is 6.01. The fourth-order valence-corrected chi connectivity index (χ4v) is 3.76. The fraction of sp³-hybridized carbons (Fsp3) is 0.600. The molecular formula is C15H20ClN3O2. The van der Waals surface area contributed by atoms with Crippen LogP contribution in [0.5, 0.6) is 0 Å². The molecule has 6 heteroatoms. The lowest BCUT2D eigenvalue weighted by atomic mass is 9.75. The molecule has 0 spiro atoms. The third-order valence-electron chi connectivity index (χ3n) is 4.56. The maximum absolute atomic E-state index is 12.2. The molecule has 1 amide bonds. The Bertz CT molecular complexity index is 574. The van der Waals surface area contributed by atoms with Gasteiger partial charge in [-0.1, -0.05) is 0 Å². The molecule has 0 radical (unpaired) electrons. The smallest absolute Gasteiger partial charge is 0.271 e. The summed E-state index contributed by atoms with van der Waals surface area (Å²) < 4.78 is 0. The van der Waals surface area contributed by atoms with E-state index < -0.39 is 0 Å². The molecule has 1 saturated heterocycles. The molecular weight excluding hydrogens is 290 g/mol. The van der Waals surface area contributed by atoms with Crippen LogP contribution in [0.3, 0.4) is 0 Å². The van der Waals surface area contributed by atoms with E-state index in [4.69, 9.17) is 11.6 Å². The molecule has 4 atom stereocenters. The minimum Gasteiger partial charge on any atom is -0.380 e. The van der Waals surface area contributed by atoms with E-state index in [1.807, 2.05) is 0 Å². The molecule has 1 aliphatic heterocycles. The first-order chi connectivity index (χ1) is 10.1. The number of hydrogen-bond donors (Lipinski definition) is 3. The predicted molar refractivity (Wildman–Crippen MR) is 82.6 cm³/mol. The van der Waals surface area contributed by atoms with Crippen molar-refractivity contribution < 1.29 is 4.79 Å². The van der Waals surface area contributed by atoms with Crippen LogP contribution in [0.25, 0.3) is 0 Å². The van der Waals surface area contributed by atoms with E-state index in [-0.39, 0.29) is 28.8 Å². The van der Waals surface area contributed by atoms with Crippen molar-refractivity contribution in [2.75, 3.05) is 11.9 Å². The highest BCUT2D eigenvalue weighted by atomic mass is 35.5. The Balaban J connectivity index is 1.62. The molecule has 4 unspecified atom stereocenters. The van der Waals surface area contributed by atoms with Gasteiger partial charge in [0.2, 0.25) is 5.91 Å². The van der Waals surface area contributed by atoms with Crippen LogP contribution in [0, 0.1) is 11.8 Å². The number of nitrogens with one attached hydrogen (secondary N) is 3. The first-order valence-electron chi connectivity index (χ1n) is 7.49. The molecule has 1 saturated carbocycles. The number of rotatable bonds is 3. The van der Waals surface area contributed by atoms with Crippen molar-refractivity contribution in [1.82, 2.24) is 10.3 Å². The summed E-state index contributed by atoms with van der Waals surface area (Å²) in [6.07, 6.45) is 5.36. The highest BCUT2D eigenvalue weighted by Crippen LogP contribution is 2.35. The van der Waals surface area contributed by atoms with Crippen LogP contribution < -0.4 is 16.2 Å². The molecule has 2 heterocycles. The highest BCUT2D eigenvalue weighted by Gasteiger charge is 2.38. The Morgan fingerprint density at radius 2 is 2.14 bits per heavy atom. The van der Waals surface area contributed by atoms with Crippen molar-refractivity contribution >= 4 is 23.2 Å². The number of carbonyl (C=O) groups excluding carboxylic acids is 1. The Kier molecular flexibility index (Phi) is 4.19. The zero-order valence-corrected chi connectivity index (χ0v) is 12.5. The van der Waals surface area contributed by atoms with Crippen LogP contribution >= 0.6 is 11.6 Å². The number of fused-ring (bicyclic) bond motifs is 1. The van der Waals surface area contributed by atoms with Crippen molar-refractivity contribution in [2.24, 2.45) is 11.8 Å². The number of anilines is 1. The van der Waals surface area contributed by atoms with Crippen LogP contribution in [0.2, 0.25) is 0 Å². The average Bonchev–Trinajstić information content (AvgIpc) is 2.47. The largest absolute Gasteiger partial charge is 0.380 e. The second-order valence-corrected chi connectivity index (χ2v) is 6.63. The Labute approximate surface area is 128 Å². The SMILES string of the molecule is O=C1NC2CCC(Cl)CC2CC1CNc1ccc[nH]c1=O. The van der Waals surface area contributed by atoms with E-state index in [9.17, 15) is 9.59 Å². The molecule has 0 aromatic carbocycles. The summed E-state index contributed by atoms with van der Waals surface area (Å²) in [5, 5.41) is 6.43. The molecule has 21 heavy (non-hydrogen) atoms. The maximum Gasteiger partial charge on any atom is 0.271 e. The number of hydrogen-bond acceptors (Lipinski definition) is 3. The molecule has 1 aromatic rings. The number of halogens is 1. The predicted octanol–water partition coefficient (Wildman–Crippen LogP) is 1.70. The van der Waals surface area contributed by atoms with E-state index in [1.54, 1.807) is 18.3 Å². The molecule has 3 N–H and O–H groups in total. The van der Waals surface area contributed by atoms with Gasteiger partial charge in [0.15, 0.2) is 0 Å². The minimum absolute atomic E-state index is 0.0872. The van der Waals surface area contributed by atoms with Gasteiger partial charge in [-0.05, 0) is 43.7 Å². The first kappa shape index (κ1) is 14.4. The Hall–Kier alpha value is -1.49. The van der Waals surface area contributed by atoms with Gasteiger partial charge in [-0.3, -0.25) is 9.59 Å². The number of alkyl halides is 1. The summed E-state index contributed by atoms with van der Waals surface area (Å²) in [5.41, 5.74) is 0.344. The van der Waals surface area contributed by atoms with Crippen molar-refractivity contribution in [3.8, 4) is 0 Å². The lowest BCUT2D eigenvalue weighted by Crippen LogP contribution is -2.53. The number of piperidine rings is 1. The van der Waals surface area contributed by atoms with E-state index in [0.29, 0.717) is 18.2 Å². The number of aromatic amines is 1. The topological polar surface area (TPSA) is 74.0 Å². The van der Waals surface area contributed by atoms with E-state index in [2.05, 4.69) is 15.6 Å². The average molecular weight is 310 g/mol. The van der Waals surface area contributed by atoms with Gasteiger partial charge < -0.3 is 15.6 Å². The van der Waals surface area contributed by atoms with E-state index >= 15 is 0 Å². The lowest BCUT2D eigenvalue weighted by Gasteiger charge is -2.41. The minimum atomic E-state index is -0.162. The van der Waals surface area contributed by atoms with Crippen LogP contribution in [0.1, 0.15) is 25.7 Å². The molecule has 2 fully saturated rings. The zero-order chi connectivity index (χ0) is 14.8. The first-order valence-corrected chi connectivity index (χ1v) is 7.93. The molecule has 1 aromatic heterocycles. The molecule has 3 rings (SSSR count). The van der Waals surface area contributed by atoms with Gasteiger partial charge in [-0.15, -0.1) is 11.6 Å². The van der Waals surface area contributed by atoms with Crippen LogP contribution in [0.4, 0.5) is 5.69 Å². The quantitative estimate of drug-likeness (QED) is 0.744. The Morgan fingerprint density at radius 1 is 1.29 bits per heavy atom. The van der Waals surface area contributed by atoms with Gasteiger partial charge in [0.25, 0.3) is 5.56 Å². The van der Waals surface area contributed by atoms with Gasteiger partial charge in [0.1, 0.15) is 5.69 Å². The summed E-state index contributed by atoms with van der Waals surface area (Å²) in [5.74, 6) is 0.441. The normalized spacial score (nSPS) is 32.1. The summed E-state index contributed by atoms with van der Waals surface area (Å²) in [6.45, 7) is 0.481. The standard InChI is InChI=1S/C15H20ClN3O2/c16-11-3-4-12-9(7-11)6-10(14(20)19-12)8-18-13-2-1-5-17-15(13)21/h1-2,5,9-12,18H,3-4,6-8H2,(H,17,21)(H,19,20). The van der Waals surface area contributed by atoms with Crippen molar-refractivity contribution in [1.29, 1.82) is 0 Å². The van der Waals surface area contributed by atoms with Gasteiger partial charge in [-0.25, -0.2) is 0 Å². The summed E-state index contributed by atoms with van der Waals surface area (Å²) in [6, 6.07) is 3.77. The molecule has 2 aliphatic rings. The van der Waals surface area contributed by atoms with Crippen LogP contribution in [0.15, 0.2) is 23.1 Å². The van der Waals surface area contributed by atoms with Crippen molar-refractivity contribution in [2.45, 2.75) is 37.1 Å². The number of H-pyrrole nitrogens is 1.